The minimum Gasteiger partial charge on any atom is -0.407 e. The molecule has 1 aliphatic carbocycles. The van der Waals surface area contributed by atoms with Crippen molar-refractivity contribution in [2.45, 2.75) is 50.8 Å². The predicted molar refractivity (Wildman–Crippen MR) is 70.8 cm³/mol. The van der Waals surface area contributed by atoms with Crippen LogP contribution < -0.4 is 4.90 Å². The zero-order chi connectivity index (χ0) is 12.4. The first kappa shape index (κ1) is 12.3. The maximum Gasteiger partial charge on any atom is 0.318 e. The van der Waals surface area contributed by atoms with Crippen LogP contribution in [0.2, 0.25) is 0 Å². The molecule has 0 radical (unpaired) electrons. The van der Waals surface area contributed by atoms with E-state index in [0.29, 0.717) is 23.2 Å². The minimum atomic E-state index is 0.296. The monoisotopic (exact) mass is 269 g/mol. The van der Waals surface area contributed by atoms with Crippen molar-refractivity contribution in [3.05, 3.63) is 5.89 Å². The average Bonchev–Trinajstić information content (AvgIpc) is 2.89. The highest BCUT2D eigenvalue weighted by atomic mass is 35.5. The summed E-state index contributed by atoms with van der Waals surface area (Å²) in [6, 6.07) is 0.649. The Bertz CT molecular complexity index is 391. The van der Waals surface area contributed by atoms with Crippen LogP contribution in [-0.4, -0.2) is 23.3 Å². The van der Waals surface area contributed by atoms with Gasteiger partial charge < -0.3 is 9.32 Å². The van der Waals surface area contributed by atoms with E-state index in [1.165, 1.54) is 44.9 Å². The fourth-order valence-electron chi connectivity index (χ4n) is 3.40. The van der Waals surface area contributed by atoms with Crippen LogP contribution in [0, 0.1) is 5.41 Å². The Kier molecular flexibility index (Phi) is 3.46. The Hall–Kier alpha value is -0.770. The van der Waals surface area contributed by atoms with E-state index >= 15 is 0 Å². The lowest BCUT2D eigenvalue weighted by atomic mass is 9.68. The molecule has 0 N–H and O–H groups in total. The number of hydrogen-bond acceptors (Lipinski definition) is 4. The van der Waals surface area contributed by atoms with Gasteiger partial charge in [-0.2, -0.15) is 0 Å². The standard InChI is InChI=1S/C13H20ClN3O/c14-10-11-15-16-12(18-11)17-8-6-13(7-9-17)4-2-1-3-5-13/h1-10H2. The second-order valence-corrected chi connectivity index (χ2v) is 5.93. The van der Waals surface area contributed by atoms with Crippen molar-refractivity contribution in [1.82, 2.24) is 10.2 Å². The smallest absolute Gasteiger partial charge is 0.318 e. The van der Waals surface area contributed by atoms with E-state index in [4.69, 9.17) is 16.0 Å². The molecule has 1 aromatic rings. The molecule has 2 heterocycles. The van der Waals surface area contributed by atoms with Crippen LogP contribution in [0.3, 0.4) is 0 Å². The van der Waals surface area contributed by atoms with Crippen LogP contribution in [0.15, 0.2) is 4.42 Å². The van der Waals surface area contributed by atoms with Crippen molar-refractivity contribution in [2.75, 3.05) is 18.0 Å². The van der Waals surface area contributed by atoms with E-state index in [0.717, 1.165) is 13.1 Å². The molecule has 2 aliphatic rings. The second-order valence-electron chi connectivity index (χ2n) is 5.66. The fourth-order valence-corrected chi connectivity index (χ4v) is 3.51. The molecule has 1 aromatic heterocycles. The lowest BCUT2D eigenvalue weighted by molar-refractivity contribution is 0.142. The SMILES string of the molecule is ClCc1nnc(N2CCC3(CCCCC3)CC2)o1. The lowest BCUT2D eigenvalue weighted by Crippen LogP contribution is -2.41. The van der Waals surface area contributed by atoms with Gasteiger partial charge in [0, 0.05) is 13.1 Å². The van der Waals surface area contributed by atoms with Crippen molar-refractivity contribution >= 4 is 17.6 Å². The number of anilines is 1. The molecule has 0 atom stereocenters. The molecule has 1 spiro atoms. The van der Waals surface area contributed by atoms with Crippen LogP contribution in [0.25, 0.3) is 0 Å². The maximum atomic E-state index is 5.68. The van der Waals surface area contributed by atoms with Crippen molar-refractivity contribution in [1.29, 1.82) is 0 Å². The van der Waals surface area contributed by atoms with Gasteiger partial charge in [-0.05, 0) is 31.1 Å². The van der Waals surface area contributed by atoms with Crippen LogP contribution in [0.5, 0.6) is 0 Å². The Morgan fingerprint density at radius 2 is 1.78 bits per heavy atom. The third kappa shape index (κ3) is 2.35. The van der Waals surface area contributed by atoms with Gasteiger partial charge in [-0.3, -0.25) is 0 Å². The topological polar surface area (TPSA) is 42.2 Å². The first-order valence-electron chi connectivity index (χ1n) is 6.95. The van der Waals surface area contributed by atoms with Crippen molar-refractivity contribution in [2.24, 2.45) is 5.41 Å². The summed E-state index contributed by atoms with van der Waals surface area (Å²) in [5.74, 6) is 0.815. The lowest BCUT2D eigenvalue weighted by Gasteiger charge is -2.43. The number of piperidine rings is 1. The molecule has 4 nitrogen and oxygen atoms in total. The summed E-state index contributed by atoms with van der Waals surface area (Å²) in [6.07, 6.45) is 9.62. The van der Waals surface area contributed by atoms with Gasteiger partial charge >= 0.3 is 6.01 Å². The van der Waals surface area contributed by atoms with Crippen LogP contribution in [0.1, 0.15) is 50.8 Å². The van der Waals surface area contributed by atoms with E-state index in [-0.39, 0.29) is 0 Å². The van der Waals surface area contributed by atoms with E-state index in [9.17, 15) is 0 Å². The second kappa shape index (κ2) is 5.08. The van der Waals surface area contributed by atoms with Crippen molar-refractivity contribution in [3.8, 4) is 0 Å². The molecule has 1 saturated carbocycles. The van der Waals surface area contributed by atoms with Gasteiger partial charge in [0.2, 0.25) is 5.89 Å². The molecule has 100 valence electrons. The molecule has 0 bridgehead atoms. The number of aromatic nitrogens is 2. The highest BCUT2D eigenvalue weighted by Gasteiger charge is 2.36. The Morgan fingerprint density at radius 1 is 1.06 bits per heavy atom. The Labute approximate surface area is 113 Å². The Morgan fingerprint density at radius 3 is 2.39 bits per heavy atom. The Balaban J connectivity index is 1.62. The average molecular weight is 270 g/mol. The van der Waals surface area contributed by atoms with Crippen LogP contribution in [0.4, 0.5) is 6.01 Å². The van der Waals surface area contributed by atoms with Gasteiger partial charge in [-0.1, -0.05) is 24.4 Å². The number of rotatable bonds is 2. The summed E-state index contributed by atoms with van der Waals surface area (Å²) in [4.78, 5) is 2.21. The summed E-state index contributed by atoms with van der Waals surface area (Å²) in [5, 5.41) is 7.99. The van der Waals surface area contributed by atoms with E-state index in [1.54, 1.807) is 0 Å². The van der Waals surface area contributed by atoms with Crippen LogP contribution >= 0.6 is 11.6 Å². The molecule has 3 rings (SSSR count). The van der Waals surface area contributed by atoms with Gasteiger partial charge in [0.05, 0.1) is 0 Å². The number of hydrogen-bond donors (Lipinski definition) is 0. The van der Waals surface area contributed by atoms with Gasteiger partial charge in [0.25, 0.3) is 0 Å². The molecule has 0 unspecified atom stereocenters. The third-order valence-electron chi connectivity index (χ3n) is 4.58. The van der Waals surface area contributed by atoms with Crippen molar-refractivity contribution in [3.63, 3.8) is 0 Å². The van der Waals surface area contributed by atoms with E-state index in [2.05, 4.69) is 15.1 Å². The highest BCUT2D eigenvalue weighted by molar-refractivity contribution is 6.16. The number of alkyl halides is 1. The normalized spacial score (nSPS) is 23.5. The molecular formula is C13H20ClN3O. The molecule has 0 amide bonds. The first-order chi connectivity index (χ1) is 8.81. The predicted octanol–water partition coefficient (Wildman–Crippen LogP) is 3.36. The van der Waals surface area contributed by atoms with E-state index in [1.807, 2.05) is 0 Å². The molecule has 5 heteroatoms. The molecule has 18 heavy (non-hydrogen) atoms. The van der Waals surface area contributed by atoms with Gasteiger partial charge in [-0.25, -0.2) is 0 Å². The quantitative estimate of drug-likeness (QED) is 0.772. The number of nitrogens with zero attached hydrogens (tertiary/aromatic N) is 3. The third-order valence-corrected chi connectivity index (χ3v) is 4.81. The summed E-state index contributed by atoms with van der Waals surface area (Å²) in [7, 11) is 0. The fraction of sp³-hybridized carbons (Fsp3) is 0.846. The van der Waals surface area contributed by atoms with Gasteiger partial charge in [0.15, 0.2) is 0 Å². The zero-order valence-electron chi connectivity index (χ0n) is 10.7. The summed E-state index contributed by atoms with van der Waals surface area (Å²) < 4.78 is 5.52. The van der Waals surface area contributed by atoms with Gasteiger partial charge in [-0.15, -0.1) is 16.7 Å². The first-order valence-corrected chi connectivity index (χ1v) is 7.48. The van der Waals surface area contributed by atoms with E-state index < -0.39 is 0 Å². The molecule has 0 aromatic carbocycles. The molecule has 1 aliphatic heterocycles. The summed E-state index contributed by atoms with van der Waals surface area (Å²) in [5.41, 5.74) is 0.615. The molecule has 1 saturated heterocycles. The summed E-state index contributed by atoms with van der Waals surface area (Å²) >= 11 is 5.68. The summed E-state index contributed by atoms with van der Waals surface area (Å²) in [6.45, 7) is 2.09. The highest BCUT2D eigenvalue weighted by Crippen LogP contribution is 2.44. The number of halogens is 1. The zero-order valence-corrected chi connectivity index (χ0v) is 11.5. The van der Waals surface area contributed by atoms with Crippen molar-refractivity contribution < 1.29 is 4.42 Å². The maximum absolute atomic E-state index is 5.68. The van der Waals surface area contributed by atoms with Gasteiger partial charge in [0.1, 0.15) is 5.88 Å². The molecule has 2 fully saturated rings. The molecular weight excluding hydrogens is 250 g/mol. The largest absolute Gasteiger partial charge is 0.407 e. The van der Waals surface area contributed by atoms with Crippen LogP contribution in [-0.2, 0) is 5.88 Å². The minimum absolute atomic E-state index is 0.296.